The second-order valence-electron chi connectivity index (χ2n) is 4.42. The van der Waals surface area contributed by atoms with Crippen molar-refractivity contribution < 1.29 is 22.7 Å². The Morgan fingerprint density at radius 2 is 2.06 bits per heavy atom. The summed E-state index contributed by atoms with van der Waals surface area (Å²) < 4.78 is 27.9. The van der Waals surface area contributed by atoms with Crippen molar-refractivity contribution in [2.24, 2.45) is 0 Å². The van der Waals surface area contributed by atoms with Gasteiger partial charge in [-0.1, -0.05) is 0 Å². The van der Waals surface area contributed by atoms with Crippen molar-refractivity contribution in [1.82, 2.24) is 4.90 Å². The van der Waals surface area contributed by atoms with E-state index >= 15 is 0 Å². The van der Waals surface area contributed by atoms with E-state index in [-0.39, 0.29) is 17.1 Å². The number of hydrogen-bond donors (Lipinski definition) is 1. The molecule has 0 unspecified atom stereocenters. The van der Waals surface area contributed by atoms with E-state index in [1.807, 2.05) is 4.90 Å². The number of nitrogens with zero attached hydrogens (tertiary/aromatic N) is 1. The first kappa shape index (κ1) is 13.1. The SMILES string of the molecule is Cc1oc(CN2CCS(=O)(=O)CC2)cc1C(=O)O. The lowest BCUT2D eigenvalue weighted by atomic mass is 10.2. The van der Waals surface area contributed by atoms with Gasteiger partial charge in [-0.05, 0) is 13.0 Å². The van der Waals surface area contributed by atoms with Crippen LogP contribution in [0.3, 0.4) is 0 Å². The second kappa shape index (κ2) is 4.74. The molecule has 1 aromatic heterocycles. The van der Waals surface area contributed by atoms with Crippen LogP contribution in [0, 0.1) is 6.92 Å². The van der Waals surface area contributed by atoms with E-state index in [0.29, 0.717) is 31.2 Å². The van der Waals surface area contributed by atoms with E-state index in [2.05, 4.69) is 0 Å². The van der Waals surface area contributed by atoms with Crippen LogP contribution in [-0.2, 0) is 16.4 Å². The molecule has 1 aliphatic heterocycles. The predicted octanol–water partition coefficient (Wildman–Crippen LogP) is 0.517. The lowest BCUT2D eigenvalue weighted by Crippen LogP contribution is -2.39. The molecule has 1 N–H and O–H groups in total. The van der Waals surface area contributed by atoms with Crippen molar-refractivity contribution in [1.29, 1.82) is 0 Å². The van der Waals surface area contributed by atoms with Crippen molar-refractivity contribution in [3.05, 3.63) is 23.2 Å². The number of aryl methyl sites for hydroxylation is 1. The van der Waals surface area contributed by atoms with Crippen LogP contribution in [0.2, 0.25) is 0 Å². The maximum absolute atomic E-state index is 11.3. The van der Waals surface area contributed by atoms with Gasteiger partial charge in [0.15, 0.2) is 9.84 Å². The molecule has 18 heavy (non-hydrogen) atoms. The van der Waals surface area contributed by atoms with Crippen LogP contribution >= 0.6 is 0 Å². The van der Waals surface area contributed by atoms with Gasteiger partial charge in [0.1, 0.15) is 17.1 Å². The molecule has 0 radical (unpaired) electrons. The first-order valence-corrected chi connectivity index (χ1v) is 7.45. The van der Waals surface area contributed by atoms with Gasteiger partial charge in [-0.2, -0.15) is 0 Å². The first-order valence-electron chi connectivity index (χ1n) is 5.63. The smallest absolute Gasteiger partial charge is 0.339 e. The minimum atomic E-state index is -2.89. The van der Waals surface area contributed by atoms with Gasteiger partial charge in [0.05, 0.1) is 18.1 Å². The third-order valence-electron chi connectivity index (χ3n) is 3.02. The monoisotopic (exact) mass is 273 g/mol. The Labute approximate surface area is 105 Å². The van der Waals surface area contributed by atoms with Gasteiger partial charge in [-0.3, -0.25) is 4.90 Å². The standard InChI is InChI=1S/C11H15NO5S/c1-8-10(11(13)14)6-9(17-8)7-12-2-4-18(15,16)5-3-12/h6H,2-5,7H2,1H3,(H,13,14). The average Bonchev–Trinajstić information content (AvgIpc) is 2.63. The van der Waals surface area contributed by atoms with Crippen molar-refractivity contribution in [3.63, 3.8) is 0 Å². The third-order valence-corrected chi connectivity index (χ3v) is 4.62. The zero-order valence-electron chi connectivity index (χ0n) is 10.0. The number of furan rings is 1. The molecule has 0 atom stereocenters. The number of carboxylic acids is 1. The number of carbonyl (C=O) groups is 1. The van der Waals surface area contributed by atoms with E-state index in [0.717, 1.165) is 0 Å². The fourth-order valence-electron chi connectivity index (χ4n) is 1.96. The van der Waals surface area contributed by atoms with Gasteiger partial charge >= 0.3 is 5.97 Å². The summed E-state index contributed by atoms with van der Waals surface area (Å²) >= 11 is 0. The lowest BCUT2D eigenvalue weighted by Gasteiger charge is -2.25. The van der Waals surface area contributed by atoms with E-state index < -0.39 is 15.8 Å². The summed E-state index contributed by atoms with van der Waals surface area (Å²) in [7, 11) is -2.89. The highest BCUT2D eigenvalue weighted by Crippen LogP contribution is 2.17. The van der Waals surface area contributed by atoms with Gasteiger partial charge in [0.2, 0.25) is 0 Å². The molecule has 0 saturated carbocycles. The fraction of sp³-hybridized carbons (Fsp3) is 0.545. The van der Waals surface area contributed by atoms with Crippen LogP contribution in [0.5, 0.6) is 0 Å². The van der Waals surface area contributed by atoms with Gasteiger partial charge in [0.25, 0.3) is 0 Å². The molecule has 0 aliphatic carbocycles. The highest BCUT2D eigenvalue weighted by Gasteiger charge is 2.23. The van der Waals surface area contributed by atoms with E-state index in [1.165, 1.54) is 6.07 Å². The molecule has 0 aromatic carbocycles. The van der Waals surface area contributed by atoms with Crippen LogP contribution in [0.15, 0.2) is 10.5 Å². The van der Waals surface area contributed by atoms with Crippen LogP contribution in [0.4, 0.5) is 0 Å². The molecule has 1 fully saturated rings. The summed E-state index contributed by atoms with van der Waals surface area (Å²) in [5.41, 5.74) is 0.162. The number of hydrogen-bond acceptors (Lipinski definition) is 5. The molecule has 1 saturated heterocycles. The number of carboxylic acid groups (broad SMARTS) is 1. The Hall–Kier alpha value is -1.34. The molecule has 0 amide bonds. The molecular formula is C11H15NO5S. The van der Waals surface area contributed by atoms with Crippen LogP contribution in [0.1, 0.15) is 21.9 Å². The Balaban J connectivity index is 2.03. The molecule has 1 aromatic rings. The van der Waals surface area contributed by atoms with Gasteiger partial charge in [0, 0.05) is 13.1 Å². The minimum absolute atomic E-state index is 0.151. The van der Waals surface area contributed by atoms with E-state index in [4.69, 9.17) is 9.52 Å². The Morgan fingerprint density at radius 1 is 1.44 bits per heavy atom. The quantitative estimate of drug-likeness (QED) is 0.863. The average molecular weight is 273 g/mol. The predicted molar refractivity (Wildman–Crippen MR) is 64.3 cm³/mol. The highest BCUT2D eigenvalue weighted by molar-refractivity contribution is 7.91. The minimum Gasteiger partial charge on any atom is -0.478 e. The van der Waals surface area contributed by atoms with E-state index in [1.54, 1.807) is 6.92 Å². The van der Waals surface area contributed by atoms with Crippen molar-refractivity contribution in [3.8, 4) is 0 Å². The summed E-state index contributed by atoms with van der Waals surface area (Å²) in [4.78, 5) is 12.8. The topological polar surface area (TPSA) is 87.8 Å². The molecule has 2 heterocycles. The number of sulfone groups is 1. The van der Waals surface area contributed by atoms with Gasteiger partial charge in [-0.25, -0.2) is 13.2 Å². The zero-order valence-corrected chi connectivity index (χ0v) is 10.9. The summed E-state index contributed by atoms with van der Waals surface area (Å²) in [5, 5.41) is 8.90. The first-order chi connectivity index (χ1) is 8.37. The second-order valence-corrected chi connectivity index (χ2v) is 6.72. The van der Waals surface area contributed by atoms with Gasteiger partial charge < -0.3 is 9.52 Å². The van der Waals surface area contributed by atoms with Crippen molar-refractivity contribution >= 4 is 15.8 Å². The molecule has 2 rings (SSSR count). The summed E-state index contributed by atoms with van der Waals surface area (Å²) in [6, 6.07) is 1.50. The maximum atomic E-state index is 11.3. The molecule has 0 spiro atoms. The normalized spacial score (nSPS) is 19.8. The molecule has 7 heteroatoms. The summed E-state index contributed by atoms with van der Waals surface area (Å²) in [6.45, 7) is 2.98. The van der Waals surface area contributed by atoms with E-state index in [9.17, 15) is 13.2 Å². The largest absolute Gasteiger partial charge is 0.478 e. The summed E-state index contributed by atoms with van der Waals surface area (Å²) in [6.07, 6.45) is 0. The van der Waals surface area contributed by atoms with Crippen molar-refractivity contribution in [2.75, 3.05) is 24.6 Å². The Bertz CT molecular complexity index is 546. The molecule has 0 bridgehead atoms. The van der Waals surface area contributed by atoms with Gasteiger partial charge in [-0.15, -0.1) is 0 Å². The van der Waals surface area contributed by atoms with Crippen molar-refractivity contribution in [2.45, 2.75) is 13.5 Å². The fourth-order valence-corrected chi connectivity index (χ4v) is 3.24. The summed E-state index contributed by atoms with van der Waals surface area (Å²) in [5.74, 6) is 0.229. The molecule has 1 aliphatic rings. The van der Waals surface area contributed by atoms with Crippen LogP contribution < -0.4 is 0 Å². The highest BCUT2D eigenvalue weighted by atomic mass is 32.2. The van der Waals surface area contributed by atoms with Crippen LogP contribution in [0.25, 0.3) is 0 Å². The Morgan fingerprint density at radius 3 is 2.56 bits per heavy atom. The molecular weight excluding hydrogens is 258 g/mol. The molecule has 6 nitrogen and oxygen atoms in total. The Kier molecular flexibility index (Phi) is 3.45. The third kappa shape index (κ3) is 2.91. The zero-order chi connectivity index (χ0) is 13.3. The number of aromatic carboxylic acids is 1. The van der Waals surface area contributed by atoms with Crippen LogP contribution in [-0.4, -0.2) is 49.0 Å². The lowest BCUT2D eigenvalue weighted by molar-refractivity contribution is 0.0695. The number of rotatable bonds is 3. The molecule has 100 valence electrons. The maximum Gasteiger partial charge on any atom is 0.339 e.